The van der Waals surface area contributed by atoms with E-state index >= 15 is 0 Å². The number of carbonyl (C=O) groups is 1. The molecule has 0 fully saturated rings. The van der Waals surface area contributed by atoms with Crippen LogP contribution in [-0.4, -0.2) is 70.0 Å². The number of aliphatic imine (C=N–C) groups is 1. The summed E-state index contributed by atoms with van der Waals surface area (Å²) in [5.74, 6) is 2.70. The molecule has 0 aliphatic carbocycles. The average Bonchev–Trinajstić information content (AvgIpc) is 3.07. The monoisotopic (exact) mass is 407 g/mol. The lowest BCUT2D eigenvalue weighted by Crippen LogP contribution is -2.49. The topological polar surface area (TPSA) is 96.7 Å². The summed E-state index contributed by atoms with van der Waals surface area (Å²) in [4.78, 5) is 23.0. The van der Waals surface area contributed by atoms with Crippen molar-refractivity contribution in [2.75, 3.05) is 26.7 Å². The molecule has 0 radical (unpaired) electrons. The van der Waals surface area contributed by atoms with Crippen LogP contribution in [0.4, 0.5) is 4.79 Å². The van der Waals surface area contributed by atoms with Gasteiger partial charge in [-0.1, -0.05) is 13.8 Å². The van der Waals surface area contributed by atoms with Crippen LogP contribution >= 0.6 is 0 Å². The van der Waals surface area contributed by atoms with E-state index in [9.17, 15) is 4.79 Å². The Bertz CT molecular complexity index is 693. The Morgan fingerprint density at radius 1 is 1.34 bits per heavy atom. The molecule has 1 amide bonds. The molecule has 2 rings (SSSR count). The van der Waals surface area contributed by atoms with Crippen LogP contribution in [0.15, 0.2) is 4.99 Å². The predicted molar refractivity (Wildman–Crippen MR) is 114 cm³/mol. The van der Waals surface area contributed by atoms with Gasteiger partial charge in [-0.25, -0.2) is 14.5 Å². The number of fused-ring (bicyclic) bond motifs is 1. The zero-order valence-corrected chi connectivity index (χ0v) is 18.8. The number of amides is 1. The number of nitrogens with zero attached hydrogens (tertiary/aromatic N) is 5. The van der Waals surface area contributed by atoms with Crippen LogP contribution in [0, 0.1) is 0 Å². The molecule has 2 N–H and O–H groups in total. The molecule has 9 heteroatoms. The predicted octanol–water partition coefficient (Wildman–Crippen LogP) is 1.97. The molecule has 0 saturated carbocycles. The van der Waals surface area contributed by atoms with Gasteiger partial charge in [0, 0.05) is 45.6 Å². The van der Waals surface area contributed by atoms with E-state index in [0.717, 1.165) is 49.8 Å². The van der Waals surface area contributed by atoms with Crippen molar-refractivity contribution >= 4 is 12.1 Å². The summed E-state index contributed by atoms with van der Waals surface area (Å²) in [5.41, 5.74) is -0.493. The van der Waals surface area contributed by atoms with Crippen molar-refractivity contribution in [2.45, 2.75) is 78.5 Å². The second-order valence-electron chi connectivity index (χ2n) is 8.33. The molecule has 2 heterocycles. The first-order chi connectivity index (χ1) is 13.8. The summed E-state index contributed by atoms with van der Waals surface area (Å²) in [6.45, 7) is 12.4. The van der Waals surface area contributed by atoms with Gasteiger partial charge in [-0.05, 0) is 33.6 Å². The van der Waals surface area contributed by atoms with Gasteiger partial charge in [0.05, 0.1) is 6.54 Å². The number of ether oxygens (including phenoxy) is 1. The fourth-order valence-corrected chi connectivity index (χ4v) is 3.22. The number of carbonyl (C=O) groups excluding carboxylic acids is 1. The molecular weight excluding hydrogens is 370 g/mol. The molecule has 0 aromatic carbocycles. The molecule has 1 unspecified atom stereocenters. The number of hydrogen-bond donors (Lipinski definition) is 2. The number of nitrogens with one attached hydrogen (secondary N) is 2. The maximum Gasteiger partial charge on any atom is 0.410 e. The Balaban J connectivity index is 1.82. The number of rotatable bonds is 7. The third kappa shape index (κ3) is 7.21. The van der Waals surface area contributed by atoms with Gasteiger partial charge >= 0.3 is 6.09 Å². The van der Waals surface area contributed by atoms with Gasteiger partial charge in [0.25, 0.3) is 0 Å². The highest BCUT2D eigenvalue weighted by molar-refractivity contribution is 5.80. The molecule has 29 heavy (non-hydrogen) atoms. The molecule has 1 aromatic heterocycles. The molecule has 1 atom stereocenters. The fraction of sp³-hybridized carbons (Fsp3) is 0.800. The molecular formula is C20H37N7O2. The van der Waals surface area contributed by atoms with E-state index in [4.69, 9.17) is 4.74 Å². The summed E-state index contributed by atoms with van der Waals surface area (Å²) in [6.07, 6.45) is 3.36. The van der Waals surface area contributed by atoms with Crippen LogP contribution in [0.3, 0.4) is 0 Å². The Hall–Kier alpha value is -2.32. The van der Waals surface area contributed by atoms with Crippen molar-refractivity contribution in [3.63, 3.8) is 0 Å². The first-order valence-electron chi connectivity index (χ1n) is 10.6. The van der Waals surface area contributed by atoms with E-state index in [1.165, 1.54) is 0 Å². The van der Waals surface area contributed by atoms with E-state index in [1.807, 2.05) is 25.5 Å². The van der Waals surface area contributed by atoms with E-state index in [-0.39, 0.29) is 12.1 Å². The van der Waals surface area contributed by atoms with Crippen molar-refractivity contribution in [3.05, 3.63) is 11.6 Å². The molecule has 1 aliphatic rings. The highest BCUT2D eigenvalue weighted by Gasteiger charge is 2.23. The van der Waals surface area contributed by atoms with E-state index in [1.54, 1.807) is 11.9 Å². The quantitative estimate of drug-likeness (QED) is 0.530. The van der Waals surface area contributed by atoms with Crippen LogP contribution in [0.2, 0.25) is 0 Å². The summed E-state index contributed by atoms with van der Waals surface area (Å²) < 4.78 is 7.50. The maximum atomic E-state index is 12.4. The molecule has 164 valence electrons. The maximum absolute atomic E-state index is 12.4. The third-order valence-electron chi connectivity index (χ3n) is 4.60. The van der Waals surface area contributed by atoms with E-state index < -0.39 is 5.60 Å². The number of aryl methyl sites for hydroxylation is 2. The first kappa shape index (κ1) is 23.0. The Morgan fingerprint density at radius 3 is 2.72 bits per heavy atom. The summed E-state index contributed by atoms with van der Waals surface area (Å²) in [5, 5.41) is 11.3. The van der Waals surface area contributed by atoms with Crippen LogP contribution in [0.25, 0.3) is 0 Å². The van der Waals surface area contributed by atoms with Crippen LogP contribution in [0.1, 0.15) is 59.1 Å². The largest absolute Gasteiger partial charge is 0.444 e. The standard InChI is InChI=1S/C20H37N7O2/c1-7-12-26(19(28)29-20(3,4)5)13-11-22-18(21-6)23-15-9-10-17-24-16(8-2)25-27(17)14-15/h15H,7-14H2,1-6H3,(H2,21,22,23). The highest BCUT2D eigenvalue weighted by atomic mass is 16.6. The second-order valence-corrected chi connectivity index (χ2v) is 8.33. The fourth-order valence-electron chi connectivity index (χ4n) is 3.22. The van der Waals surface area contributed by atoms with Crippen LogP contribution in [0.5, 0.6) is 0 Å². The first-order valence-corrected chi connectivity index (χ1v) is 10.6. The van der Waals surface area contributed by atoms with Crippen LogP contribution in [-0.2, 0) is 24.1 Å². The molecule has 0 bridgehead atoms. The number of guanidine groups is 1. The van der Waals surface area contributed by atoms with Crippen molar-refractivity contribution in [1.82, 2.24) is 30.3 Å². The lowest BCUT2D eigenvalue weighted by Gasteiger charge is -2.28. The van der Waals surface area contributed by atoms with Crippen molar-refractivity contribution in [2.24, 2.45) is 4.99 Å². The lowest BCUT2D eigenvalue weighted by atomic mass is 10.1. The number of aromatic nitrogens is 3. The normalized spacial score (nSPS) is 16.9. The minimum absolute atomic E-state index is 0.248. The van der Waals surface area contributed by atoms with Gasteiger partial charge in [0.15, 0.2) is 11.8 Å². The highest BCUT2D eigenvalue weighted by Crippen LogP contribution is 2.13. The van der Waals surface area contributed by atoms with Crippen molar-refractivity contribution < 1.29 is 9.53 Å². The van der Waals surface area contributed by atoms with Gasteiger partial charge in [0.2, 0.25) is 0 Å². The van der Waals surface area contributed by atoms with Gasteiger partial charge in [-0.15, -0.1) is 0 Å². The summed E-state index contributed by atoms with van der Waals surface area (Å²) in [7, 11) is 1.76. The Kier molecular flexibility index (Phi) is 8.28. The summed E-state index contributed by atoms with van der Waals surface area (Å²) in [6, 6.07) is 0.248. The molecule has 9 nitrogen and oxygen atoms in total. The molecule has 0 spiro atoms. The molecule has 1 aromatic rings. The van der Waals surface area contributed by atoms with Gasteiger partial charge in [0.1, 0.15) is 11.4 Å². The van der Waals surface area contributed by atoms with Crippen molar-refractivity contribution in [1.29, 1.82) is 0 Å². The molecule has 1 aliphatic heterocycles. The number of hydrogen-bond acceptors (Lipinski definition) is 5. The Morgan fingerprint density at radius 2 is 2.10 bits per heavy atom. The zero-order valence-electron chi connectivity index (χ0n) is 18.8. The minimum Gasteiger partial charge on any atom is -0.444 e. The smallest absolute Gasteiger partial charge is 0.410 e. The van der Waals surface area contributed by atoms with Gasteiger partial charge in [-0.3, -0.25) is 4.99 Å². The lowest BCUT2D eigenvalue weighted by molar-refractivity contribution is 0.0253. The second kappa shape index (κ2) is 10.5. The average molecular weight is 408 g/mol. The van der Waals surface area contributed by atoms with Crippen LogP contribution < -0.4 is 10.6 Å². The van der Waals surface area contributed by atoms with Gasteiger partial charge < -0.3 is 20.3 Å². The third-order valence-corrected chi connectivity index (χ3v) is 4.60. The van der Waals surface area contributed by atoms with Crippen molar-refractivity contribution in [3.8, 4) is 0 Å². The Labute approximate surface area is 174 Å². The van der Waals surface area contributed by atoms with E-state index in [0.29, 0.717) is 19.6 Å². The minimum atomic E-state index is -0.493. The SMILES string of the molecule is CCCN(CCNC(=NC)NC1CCc2nc(CC)nn2C1)C(=O)OC(C)(C)C. The van der Waals surface area contributed by atoms with Gasteiger partial charge in [-0.2, -0.15) is 5.10 Å². The molecule has 0 saturated heterocycles. The zero-order chi connectivity index (χ0) is 21.4. The summed E-state index contributed by atoms with van der Waals surface area (Å²) >= 11 is 0. The van der Waals surface area contributed by atoms with E-state index in [2.05, 4.69) is 39.6 Å².